The Hall–Kier alpha value is -2.32. The molecule has 0 saturated carbocycles. The average Bonchev–Trinajstić information content (AvgIpc) is 2.70. The van der Waals surface area contributed by atoms with E-state index in [1.165, 1.54) is 7.11 Å². The molecule has 0 saturated heterocycles. The molecule has 0 bridgehead atoms. The second-order valence-electron chi connectivity index (χ2n) is 5.49. The number of likely N-dealkylation sites (N-methyl/N-ethyl adjacent to an activating group) is 1. The number of benzene rings is 2. The van der Waals surface area contributed by atoms with Crippen molar-refractivity contribution in [1.82, 2.24) is 5.32 Å². The molecule has 0 atom stereocenters. The van der Waals surface area contributed by atoms with Gasteiger partial charge in [0, 0.05) is 12.6 Å². The van der Waals surface area contributed by atoms with Crippen molar-refractivity contribution in [3.8, 4) is 11.5 Å². The number of oxime groups is 1. The molecule has 0 radical (unpaired) electrons. The number of ether oxygens (including phenoxy) is 2. The maximum atomic E-state index is 12.2. The summed E-state index contributed by atoms with van der Waals surface area (Å²) in [6.45, 7) is 0.217. The summed E-state index contributed by atoms with van der Waals surface area (Å²) in [5.74, 6) is 0.844. The van der Waals surface area contributed by atoms with E-state index in [9.17, 15) is 4.79 Å². The number of hydrogen-bond donors (Lipinski definition) is 1. The van der Waals surface area contributed by atoms with Crippen LogP contribution in [0.2, 0.25) is 0 Å². The normalized spacial score (nSPS) is 10.8. The van der Waals surface area contributed by atoms with Gasteiger partial charge >= 0.3 is 0 Å². The van der Waals surface area contributed by atoms with Gasteiger partial charge < -0.3 is 19.6 Å². The lowest BCUT2D eigenvalue weighted by atomic mass is 10.0. The molecule has 0 aliphatic heterocycles. The summed E-state index contributed by atoms with van der Waals surface area (Å²) < 4.78 is 12.2. The van der Waals surface area contributed by atoms with Crippen LogP contribution >= 0.6 is 31.9 Å². The third-order valence-electron chi connectivity index (χ3n) is 3.74. The zero-order valence-electron chi connectivity index (χ0n) is 15.7. The summed E-state index contributed by atoms with van der Waals surface area (Å²) in [7, 11) is 4.52. The smallest absolute Gasteiger partial charge is 0.273 e. The molecule has 0 heterocycles. The zero-order valence-corrected chi connectivity index (χ0v) is 18.8. The molecular formula is C20H20Br2N2O4. The van der Waals surface area contributed by atoms with Crippen molar-refractivity contribution in [2.45, 2.75) is 6.61 Å². The van der Waals surface area contributed by atoms with Crippen LogP contribution in [-0.2, 0) is 16.2 Å². The van der Waals surface area contributed by atoms with Crippen LogP contribution in [0.1, 0.15) is 16.7 Å². The first kappa shape index (κ1) is 22.0. The number of methoxy groups -OCH3 is 1. The minimum atomic E-state index is -0.346. The van der Waals surface area contributed by atoms with E-state index in [-0.39, 0.29) is 18.2 Å². The Balaban J connectivity index is 2.34. The van der Waals surface area contributed by atoms with Crippen LogP contribution in [0, 0.1) is 0 Å². The molecule has 0 aliphatic carbocycles. The van der Waals surface area contributed by atoms with E-state index in [4.69, 9.17) is 14.3 Å². The maximum absolute atomic E-state index is 12.2. The molecule has 0 fully saturated rings. The summed E-state index contributed by atoms with van der Waals surface area (Å²) in [6, 6.07) is 13.0. The number of nitrogens with one attached hydrogen (secondary N) is 1. The van der Waals surface area contributed by atoms with Crippen LogP contribution in [0.4, 0.5) is 0 Å². The predicted molar refractivity (Wildman–Crippen MR) is 117 cm³/mol. The molecule has 2 aromatic rings. The fraction of sp³-hybridized carbons (Fsp3) is 0.200. The van der Waals surface area contributed by atoms with Gasteiger partial charge in [0.1, 0.15) is 13.7 Å². The van der Waals surface area contributed by atoms with Crippen LogP contribution in [0.3, 0.4) is 0 Å². The minimum Gasteiger partial charge on any atom is -0.493 e. The molecule has 1 amide bonds. The van der Waals surface area contributed by atoms with Gasteiger partial charge in [-0.1, -0.05) is 35.5 Å². The largest absolute Gasteiger partial charge is 0.493 e. The number of nitrogens with zero attached hydrogens (tertiary/aromatic N) is 1. The van der Waals surface area contributed by atoms with Gasteiger partial charge in [-0.15, -0.1) is 0 Å². The average molecular weight is 512 g/mol. The molecule has 2 rings (SSSR count). The van der Waals surface area contributed by atoms with Crippen molar-refractivity contribution < 1.29 is 19.1 Å². The molecule has 0 spiro atoms. The fourth-order valence-electron chi connectivity index (χ4n) is 2.48. The van der Waals surface area contributed by atoms with Gasteiger partial charge in [-0.05, 0) is 61.2 Å². The van der Waals surface area contributed by atoms with Crippen molar-refractivity contribution in [3.63, 3.8) is 0 Å². The van der Waals surface area contributed by atoms with E-state index in [2.05, 4.69) is 42.3 Å². The number of carbonyl (C=O) groups excluding carboxylic acids is 1. The molecule has 6 nitrogen and oxygen atoms in total. The first-order chi connectivity index (χ1) is 13.5. The highest BCUT2D eigenvalue weighted by Crippen LogP contribution is 2.31. The van der Waals surface area contributed by atoms with E-state index in [0.29, 0.717) is 17.1 Å². The summed E-state index contributed by atoms with van der Waals surface area (Å²) in [6.07, 6.45) is 1.90. The summed E-state index contributed by atoms with van der Waals surface area (Å²) in [5, 5.41) is 6.43. The zero-order chi connectivity index (χ0) is 20.5. The molecule has 0 aromatic heterocycles. The van der Waals surface area contributed by atoms with Crippen LogP contribution in [0.15, 0.2) is 51.0 Å². The van der Waals surface area contributed by atoms with E-state index in [1.807, 2.05) is 42.5 Å². The first-order valence-electron chi connectivity index (χ1n) is 8.25. The highest BCUT2D eigenvalue weighted by molar-refractivity contribution is 9.28. The Morgan fingerprint density at radius 3 is 2.54 bits per heavy atom. The Morgan fingerprint density at radius 2 is 1.89 bits per heavy atom. The van der Waals surface area contributed by atoms with Gasteiger partial charge in [0.15, 0.2) is 17.2 Å². The lowest BCUT2D eigenvalue weighted by Gasteiger charge is -2.14. The van der Waals surface area contributed by atoms with Crippen molar-refractivity contribution in [2.75, 3.05) is 21.3 Å². The van der Waals surface area contributed by atoms with E-state index in [1.54, 1.807) is 20.2 Å². The fourth-order valence-corrected chi connectivity index (χ4v) is 3.01. The molecule has 0 unspecified atom stereocenters. The molecule has 148 valence electrons. The van der Waals surface area contributed by atoms with E-state index < -0.39 is 0 Å². The SMILES string of the molecule is CNC(=O)/C(=N/OC)c1ccccc1COc1cc(C=C(Br)Br)ccc1OC. The van der Waals surface area contributed by atoms with Gasteiger partial charge in [0.2, 0.25) is 0 Å². The van der Waals surface area contributed by atoms with Crippen molar-refractivity contribution in [1.29, 1.82) is 0 Å². The third kappa shape index (κ3) is 5.84. The topological polar surface area (TPSA) is 69.2 Å². The highest BCUT2D eigenvalue weighted by Gasteiger charge is 2.18. The van der Waals surface area contributed by atoms with Crippen molar-refractivity contribution in [2.24, 2.45) is 5.16 Å². The Morgan fingerprint density at radius 1 is 1.14 bits per heavy atom. The van der Waals surface area contributed by atoms with Gasteiger partial charge in [0.05, 0.1) is 10.5 Å². The summed E-state index contributed by atoms with van der Waals surface area (Å²) in [4.78, 5) is 17.0. The monoisotopic (exact) mass is 510 g/mol. The molecule has 1 N–H and O–H groups in total. The highest BCUT2D eigenvalue weighted by atomic mass is 79.9. The van der Waals surface area contributed by atoms with Gasteiger partial charge in [-0.25, -0.2) is 0 Å². The second-order valence-corrected chi connectivity index (χ2v) is 8.26. The first-order valence-corrected chi connectivity index (χ1v) is 9.83. The van der Waals surface area contributed by atoms with Gasteiger partial charge in [-0.3, -0.25) is 4.79 Å². The van der Waals surface area contributed by atoms with Crippen LogP contribution in [0.25, 0.3) is 6.08 Å². The molecule has 28 heavy (non-hydrogen) atoms. The predicted octanol–water partition coefficient (Wildman–Crippen LogP) is 4.46. The number of halogens is 2. The maximum Gasteiger partial charge on any atom is 0.273 e. The molecule has 8 heteroatoms. The number of amides is 1. The summed E-state index contributed by atoms with van der Waals surface area (Å²) in [5.41, 5.74) is 2.52. The Kier molecular flexibility index (Phi) is 8.53. The van der Waals surface area contributed by atoms with Crippen molar-refractivity contribution in [3.05, 3.63) is 62.5 Å². The van der Waals surface area contributed by atoms with Gasteiger partial charge in [-0.2, -0.15) is 0 Å². The lowest BCUT2D eigenvalue weighted by Crippen LogP contribution is -2.29. The Bertz CT molecular complexity index is 894. The minimum absolute atomic E-state index is 0.177. The van der Waals surface area contributed by atoms with Gasteiger partial charge in [0.25, 0.3) is 5.91 Å². The third-order valence-corrected chi connectivity index (χ3v) is 4.20. The Labute approximate surface area is 180 Å². The number of rotatable bonds is 8. The van der Waals surface area contributed by atoms with E-state index in [0.717, 1.165) is 14.5 Å². The second kappa shape index (κ2) is 10.9. The number of hydrogen-bond acceptors (Lipinski definition) is 5. The van der Waals surface area contributed by atoms with Crippen molar-refractivity contribution >= 4 is 49.6 Å². The van der Waals surface area contributed by atoms with E-state index >= 15 is 0 Å². The molecule has 0 aliphatic rings. The lowest BCUT2D eigenvalue weighted by molar-refractivity contribution is -0.114. The standard InChI is InChI=1S/C20H20Br2N2O4/c1-23-20(25)19(24-27-3)15-7-5-4-6-14(15)12-28-17-10-13(11-18(21)22)8-9-16(17)26-2/h4-11H,12H2,1-3H3,(H,23,25)/b24-19+. The number of carbonyl (C=O) groups is 1. The molecular weight excluding hydrogens is 492 g/mol. The van der Waals surface area contributed by atoms with Crippen LogP contribution in [-0.4, -0.2) is 32.9 Å². The molecule has 2 aromatic carbocycles. The summed E-state index contributed by atoms with van der Waals surface area (Å²) >= 11 is 6.70. The van der Waals surface area contributed by atoms with Crippen LogP contribution < -0.4 is 14.8 Å². The van der Waals surface area contributed by atoms with Crippen LogP contribution in [0.5, 0.6) is 11.5 Å². The quantitative estimate of drug-likeness (QED) is 0.419.